The van der Waals surface area contributed by atoms with Crippen LogP contribution in [0.1, 0.15) is 24.1 Å². The fraction of sp³-hybridized carbons (Fsp3) is 0.200. The van der Waals surface area contributed by atoms with Crippen molar-refractivity contribution in [2.45, 2.75) is 13.0 Å². The van der Waals surface area contributed by atoms with E-state index in [1.54, 1.807) is 6.20 Å². The molecule has 4 nitrogen and oxygen atoms in total. The number of hydrogen-bond donors (Lipinski definition) is 1. The smallest absolute Gasteiger partial charge is 0.0896 e. The predicted molar refractivity (Wildman–Crippen MR) is 80.0 cm³/mol. The average molecular weight is 287 g/mol. The van der Waals surface area contributed by atoms with Gasteiger partial charge in [-0.05, 0) is 24.2 Å². The van der Waals surface area contributed by atoms with Gasteiger partial charge in [0.05, 0.1) is 24.0 Å². The maximum atomic E-state index is 6.11. The molecule has 1 N–H and O–H groups in total. The summed E-state index contributed by atoms with van der Waals surface area (Å²) in [6, 6.07) is 7.95. The van der Waals surface area contributed by atoms with Crippen molar-refractivity contribution in [3.05, 3.63) is 65.2 Å². The molecular weight excluding hydrogens is 272 g/mol. The molecule has 1 atom stereocenters. The summed E-state index contributed by atoms with van der Waals surface area (Å²) < 4.78 is 1.83. The quantitative estimate of drug-likeness (QED) is 0.801. The first-order chi connectivity index (χ1) is 9.79. The third-order valence-corrected chi connectivity index (χ3v) is 3.49. The SMILES string of the molecule is CCNC(c1cccc(Cl)c1)c1cnn2ccncc12. The zero-order chi connectivity index (χ0) is 13.9. The molecule has 0 spiro atoms. The predicted octanol–water partition coefficient (Wildman–Crippen LogP) is 3.08. The Kier molecular flexibility index (Phi) is 3.67. The van der Waals surface area contributed by atoms with Gasteiger partial charge in [0.25, 0.3) is 0 Å². The largest absolute Gasteiger partial charge is 0.306 e. The number of rotatable bonds is 4. The highest BCUT2D eigenvalue weighted by Crippen LogP contribution is 2.27. The van der Waals surface area contributed by atoms with Crippen LogP contribution in [-0.4, -0.2) is 21.1 Å². The Morgan fingerprint density at radius 1 is 1.35 bits per heavy atom. The molecule has 20 heavy (non-hydrogen) atoms. The maximum Gasteiger partial charge on any atom is 0.0896 e. The second-order valence-corrected chi connectivity index (χ2v) is 4.99. The highest BCUT2D eigenvalue weighted by molar-refractivity contribution is 6.30. The van der Waals surface area contributed by atoms with E-state index in [-0.39, 0.29) is 6.04 Å². The van der Waals surface area contributed by atoms with Crippen LogP contribution < -0.4 is 5.32 Å². The zero-order valence-corrected chi connectivity index (χ0v) is 11.9. The van der Waals surface area contributed by atoms with E-state index in [2.05, 4.69) is 28.4 Å². The highest BCUT2D eigenvalue weighted by atomic mass is 35.5. The van der Waals surface area contributed by atoms with Crippen LogP contribution in [0.5, 0.6) is 0 Å². The van der Waals surface area contributed by atoms with Crippen molar-refractivity contribution in [3.8, 4) is 0 Å². The summed E-state index contributed by atoms with van der Waals surface area (Å²) >= 11 is 6.11. The fourth-order valence-corrected chi connectivity index (χ4v) is 2.57. The van der Waals surface area contributed by atoms with E-state index in [1.165, 1.54) is 0 Å². The van der Waals surface area contributed by atoms with Gasteiger partial charge in [0, 0.05) is 23.0 Å². The Morgan fingerprint density at radius 3 is 3.05 bits per heavy atom. The molecule has 0 fully saturated rings. The minimum atomic E-state index is 0.0559. The number of fused-ring (bicyclic) bond motifs is 1. The second kappa shape index (κ2) is 5.61. The summed E-state index contributed by atoms with van der Waals surface area (Å²) in [5.41, 5.74) is 3.22. The molecule has 0 bridgehead atoms. The van der Waals surface area contributed by atoms with E-state index in [0.29, 0.717) is 0 Å². The van der Waals surface area contributed by atoms with Crippen LogP contribution in [-0.2, 0) is 0 Å². The van der Waals surface area contributed by atoms with Crippen molar-refractivity contribution in [2.75, 3.05) is 6.54 Å². The van der Waals surface area contributed by atoms with Crippen LogP contribution in [0.3, 0.4) is 0 Å². The summed E-state index contributed by atoms with van der Waals surface area (Å²) in [6.45, 7) is 2.94. The van der Waals surface area contributed by atoms with E-state index >= 15 is 0 Å². The van der Waals surface area contributed by atoms with E-state index < -0.39 is 0 Å². The lowest BCUT2D eigenvalue weighted by Crippen LogP contribution is -2.21. The third kappa shape index (κ3) is 2.40. The van der Waals surface area contributed by atoms with Crippen molar-refractivity contribution < 1.29 is 0 Å². The summed E-state index contributed by atoms with van der Waals surface area (Å²) in [7, 11) is 0. The van der Waals surface area contributed by atoms with Crippen LogP contribution in [0, 0.1) is 0 Å². The van der Waals surface area contributed by atoms with Gasteiger partial charge in [-0.2, -0.15) is 5.10 Å². The first kappa shape index (κ1) is 13.1. The van der Waals surface area contributed by atoms with E-state index in [4.69, 9.17) is 11.6 Å². The lowest BCUT2D eigenvalue weighted by Gasteiger charge is -2.17. The van der Waals surface area contributed by atoms with Crippen molar-refractivity contribution in [2.24, 2.45) is 0 Å². The van der Waals surface area contributed by atoms with Crippen molar-refractivity contribution >= 4 is 17.1 Å². The Balaban J connectivity index is 2.11. The first-order valence-corrected chi connectivity index (χ1v) is 6.93. The standard InChI is InChI=1S/C15H15ClN4/c1-2-18-15(11-4-3-5-12(16)8-11)13-9-19-20-7-6-17-10-14(13)20/h3-10,15,18H,2H2,1H3. The molecule has 3 aromatic rings. The topological polar surface area (TPSA) is 42.2 Å². The Labute approximate surface area is 122 Å². The molecular formula is C15H15ClN4. The molecule has 0 saturated carbocycles. The van der Waals surface area contributed by atoms with Crippen molar-refractivity contribution in [1.29, 1.82) is 0 Å². The molecule has 0 aliphatic carbocycles. The average Bonchev–Trinajstić information content (AvgIpc) is 2.88. The number of benzene rings is 1. The molecule has 0 aliphatic heterocycles. The Hall–Kier alpha value is -1.91. The van der Waals surface area contributed by atoms with Crippen molar-refractivity contribution in [3.63, 3.8) is 0 Å². The van der Waals surface area contributed by atoms with Crippen LogP contribution >= 0.6 is 11.6 Å². The summed E-state index contributed by atoms with van der Waals surface area (Å²) in [6.07, 6.45) is 7.29. The molecule has 1 aromatic carbocycles. The van der Waals surface area contributed by atoms with Gasteiger partial charge in [-0.15, -0.1) is 0 Å². The first-order valence-electron chi connectivity index (χ1n) is 6.55. The van der Waals surface area contributed by atoms with E-state index in [0.717, 1.165) is 28.2 Å². The van der Waals surface area contributed by atoms with Gasteiger partial charge in [-0.3, -0.25) is 4.98 Å². The maximum absolute atomic E-state index is 6.11. The summed E-state index contributed by atoms with van der Waals surface area (Å²) in [4.78, 5) is 4.18. The molecule has 0 saturated heterocycles. The van der Waals surface area contributed by atoms with E-state index in [1.807, 2.05) is 41.3 Å². The zero-order valence-electron chi connectivity index (χ0n) is 11.1. The van der Waals surface area contributed by atoms with Crippen LogP contribution in [0.15, 0.2) is 49.1 Å². The number of halogens is 1. The van der Waals surface area contributed by atoms with Crippen LogP contribution in [0.25, 0.3) is 5.52 Å². The van der Waals surface area contributed by atoms with Gasteiger partial charge in [-0.25, -0.2) is 4.52 Å². The molecule has 2 aromatic heterocycles. The number of hydrogen-bond acceptors (Lipinski definition) is 3. The van der Waals surface area contributed by atoms with Crippen molar-refractivity contribution in [1.82, 2.24) is 19.9 Å². The summed E-state index contributed by atoms with van der Waals surface area (Å²) in [5, 5.41) is 8.59. The summed E-state index contributed by atoms with van der Waals surface area (Å²) in [5.74, 6) is 0. The van der Waals surface area contributed by atoms with Gasteiger partial charge >= 0.3 is 0 Å². The molecule has 1 unspecified atom stereocenters. The monoisotopic (exact) mass is 286 g/mol. The lowest BCUT2D eigenvalue weighted by molar-refractivity contribution is 0.634. The molecule has 0 amide bonds. The molecule has 5 heteroatoms. The van der Waals surface area contributed by atoms with Gasteiger partial charge in [0.15, 0.2) is 0 Å². The van der Waals surface area contributed by atoms with Crippen LogP contribution in [0.4, 0.5) is 0 Å². The molecule has 0 aliphatic rings. The Bertz CT molecular complexity index is 722. The van der Waals surface area contributed by atoms with Crippen LogP contribution in [0.2, 0.25) is 5.02 Å². The number of nitrogens with one attached hydrogen (secondary N) is 1. The molecule has 2 heterocycles. The normalized spacial score (nSPS) is 12.7. The third-order valence-electron chi connectivity index (χ3n) is 3.26. The Morgan fingerprint density at radius 2 is 2.25 bits per heavy atom. The number of aromatic nitrogens is 3. The van der Waals surface area contributed by atoms with Gasteiger partial charge in [-0.1, -0.05) is 30.7 Å². The van der Waals surface area contributed by atoms with Gasteiger partial charge in [0.2, 0.25) is 0 Å². The van der Waals surface area contributed by atoms with Gasteiger partial charge in [0.1, 0.15) is 0 Å². The second-order valence-electron chi connectivity index (χ2n) is 4.55. The molecule has 0 radical (unpaired) electrons. The minimum absolute atomic E-state index is 0.0559. The minimum Gasteiger partial charge on any atom is -0.306 e. The highest BCUT2D eigenvalue weighted by Gasteiger charge is 2.17. The molecule has 102 valence electrons. The number of nitrogens with zero attached hydrogens (tertiary/aromatic N) is 3. The van der Waals surface area contributed by atoms with E-state index in [9.17, 15) is 0 Å². The van der Waals surface area contributed by atoms with Gasteiger partial charge < -0.3 is 5.32 Å². The lowest BCUT2D eigenvalue weighted by atomic mass is 10.0. The molecule has 3 rings (SSSR count). The fourth-order valence-electron chi connectivity index (χ4n) is 2.37.